The number of ether oxygens (including phenoxy) is 1. The number of carbonyl (C=O) groups is 2. The zero-order chi connectivity index (χ0) is 18.6. The number of esters is 1. The summed E-state index contributed by atoms with van der Waals surface area (Å²) >= 11 is 0. The Hall–Kier alpha value is -2.96. The van der Waals surface area contributed by atoms with Crippen molar-refractivity contribution in [3.63, 3.8) is 0 Å². The highest BCUT2D eigenvalue weighted by Gasteiger charge is 2.24. The van der Waals surface area contributed by atoms with Crippen molar-refractivity contribution in [2.24, 2.45) is 0 Å². The zero-order valence-electron chi connectivity index (χ0n) is 14.0. The zero-order valence-corrected chi connectivity index (χ0v) is 14.0. The fourth-order valence-corrected chi connectivity index (χ4v) is 2.05. The van der Waals surface area contributed by atoms with Gasteiger partial charge in [0.05, 0.1) is 0 Å². The van der Waals surface area contributed by atoms with Crippen molar-refractivity contribution in [1.82, 2.24) is 0 Å². The third kappa shape index (κ3) is 4.53. The summed E-state index contributed by atoms with van der Waals surface area (Å²) in [6.07, 6.45) is -1.22. The van der Waals surface area contributed by atoms with Crippen LogP contribution in [0.5, 0.6) is 0 Å². The molecule has 0 saturated carbocycles. The van der Waals surface area contributed by atoms with Gasteiger partial charge in [-0.15, -0.1) is 0 Å². The van der Waals surface area contributed by atoms with Gasteiger partial charge in [0.25, 0.3) is 5.91 Å². The van der Waals surface area contributed by atoms with E-state index in [0.29, 0.717) is 5.69 Å². The van der Waals surface area contributed by atoms with Gasteiger partial charge in [0.2, 0.25) is 0 Å². The fourth-order valence-electron chi connectivity index (χ4n) is 2.05. The summed E-state index contributed by atoms with van der Waals surface area (Å²) in [6, 6.07) is 10.0. The van der Waals surface area contributed by atoms with Crippen molar-refractivity contribution in [2.45, 2.75) is 13.0 Å². The van der Waals surface area contributed by atoms with E-state index in [1.165, 1.54) is 6.92 Å². The molecule has 0 aliphatic carbocycles. The Labute approximate surface area is 144 Å². The van der Waals surface area contributed by atoms with Crippen LogP contribution in [0.2, 0.25) is 0 Å². The third-order valence-electron chi connectivity index (χ3n) is 3.47. The Kier molecular flexibility index (Phi) is 5.69. The summed E-state index contributed by atoms with van der Waals surface area (Å²) in [4.78, 5) is 25.9. The van der Waals surface area contributed by atoms with Gasteiger partial charge in [0, 0.05) is 25.5 Å². The van der Waals surface area contributed by atoms with Gasteiger partial charge < -0.3 is 15.0 Å². The second-order valence-electron chi connectivity index (χ2n) is 5.57. The van der Waals surface area contributed by atoms with Gasteiger partial charge in [-0.2, -0.15) is 0 Å². The molecule has 7 heteroatoms. The molecule has 0 spiro atoms. The first-order chi connectivity index (χ1) is 11.8. The van der Waals surface area contributed by atoms with E-state index >= 15 is 0 Å². The highest BCUT2D eigenvalue weighted by atomic mass is 19.1. The highest BCUT2D eigenvalue weighted by molar-refractivity contribution is 5.97. The molecule has 2 aromatic rings. The largest absolute Gasteiger partial charge is 0.449 e. The van der Waals surface area contributed by atoms with Crippen LogP contribution in [0.3, 0.4) is 0 Å². The molecule has 2 rings (SSSR count). The number of hydrogen-bond acceptors (Lipinski definition) is 4. The molecular formula is C18H18F2N2O3. The smallest absolute Gasteiger partial charge is 0.344 e. The second kappa shape index (κ2) is 7.74. The molecule has 1 N–H and O–H groups in total. The van der Waals surface area contributed by atoms with Gasteiger partial charge in [-0.3, -0.25) is 4.79 Å². The lowest BCUT2D eigenvalue weighted by atomic mass is 10.2. The van der Waals surface area contributed by atoms with Crippen molar-refractivity contribution in [1.29, 1.82) is 0 Å². The number of benzene rings is 2. The number of carbonyl (C=O) groups excluding carboxylic acids is 2. The van der Waals surface area contributed by atoms with E-state index < -0.39 is 35.2 Å². The van der Waals surface area contributed by atoms with Gasteiger partial charge in [-0.25, -0.2) is 13.6 Å². The number of anilines is 2. The summed E-state index contributed by atoms with van der Waals surface area (Å²) in [5.41, 5.74) is 0.639. The van der Waals surface area contributed by atoms with Crippen LogP contribution in [-0.4, -0.2) is 32.1 Å². The topological polar surface area (TPSA) is 58.6 Å². The molecule has 0 radical (unpaired) electrons. The fraction of sp³-hybridized carbons (Fsp3) is 0.222. The predicted octanol–water partition coefficient (Wildman–Crippen LogP) is 3.21. The SMILES string of the molecule is C[C@H](OC(=O)c1c(F)cccc1F)C(=O)Nc1ccc(N(C)C)cc1. The molecule has 0 saturated heterocycles. The third-order valence-corrected chi connectivity index (χ3v) is 3.47. The van der Waals surface area contributed by atoms with Crippen LogP contribution in [0.1, 0.15) is 17.3 Å². The molecule has 0 heterocycles. The van der Waals surface area contributed by atoms with Crippen molar-refractivity contribution >= 4 is 23.3 Å². The number of halogens is 2. The Morgan fingerprint density at radius 3 is 2.12 bits per heavy atom. The number of nitrogens with one attached hydrogen (secondary N) is 1. The number of rotatable bonds is 5. The summed E-state index contributed by atoms with van der Waals surface area (Å²) in [7, 11) is 3.77. The van der Waals surface area contributed by atoms with E-state index in [2.05, 4.69) is 5.32 Å². The standard InChI is InChI=1S/C18H18F2N2O3/c1-11(25-18(24)16-14(19)5-4-6-15(16)20)17(23)21-12-7-9-13(10-8-12)22(2)3/h4-11H,1-3H3,(H,21,23)/t11-/m0/s1. The minimum absolute atomic E-state index is 0.510. The van der Waals surface area contributed by atoms with Crippen molar-refractivity contribution in [3.05, 3.63) is 59.7 Å². The van der Waals surface area contributed by atoms with E-state index in [0.717, 1.165) is 23.9 Å². The van der Waals surface area contributed by atoms with Crippen molar-refractivity contribution in [3.8, 4) is 0 Å². The van der Waals surface area contributed by atoms with Crippen LogP contribution in [0, 0.1) is 11.6 Å². The molecule has 0 fully saturated rings. The van der Waals surface area contributed by atoms with E-state index in [4.69, 9.17) is 4.74 Å². The van der Waals surface area contributed by atoms with Crippen LogP contribution < -0.4 is 10.2 Å². The normalized spacial score (nSPS) is 11.6. The monoisotopic (exact) mass is 348 g/mol. The summed E-state index contributed by atoms with van der Waals surface area (Å²) in [5.74, 6) is -3.93. The Bertz CT molecular complexity index is 756. The summed E-state index contributed by atoms with van der Waals surface area (Å²) < 4.78 is 32.0. The molecule has 0 aliphatic heterocycles. The first-order valence-electron chi connectivity index (χ1n) is 7.53. The Balaban J connectivity index is 2.01. The first-order valence-corrected chi connectivity index (χ1v) is 7.53. The summed E-state index contributed by atoms with van der Waals surface area (Å²) in [6.45, 7) is 1.32. The molecule has 1 amide bonds. The van der Waals surface area contributed by atoms with Crippen LogP contribution in [0.4, 0.5) is 20.2 Å². The molecule has 1 atom stereocenters. The van der Waals surface area contributed by atoms with E-state index in [9.17, 15) is 18.4 Å². The number of hydrogen-bond donors (Lipinski definition) is 1. The molecule has 0 unspecified atom stereocenters. The van der Waals surface area contributed by atoms with Crippen LogP contribution >= 0.6 is 0 Å². The van der Waals surface area contributed by atoms with Gasteiger partial charge in [-0.1, -0.05) is 6.07 Å². The molecule has 25 heavy (non-hydrogen) atoms. The van der Waals surface area contributed by atoms with E-state index in [1.807, 2.05) is 19.0 Å². The van der Waals surface area contributed by atoms with E-state index in [1.54, 1.807) is 24.3 Å². The average molecular weight is 348 g/mol. The number of nitrogens with zero attached hydrogens (tertiary/aromatic N) is 1. The maximum Gasteiger partial charge on any atom is 0.344 e. The maximum atomic E-state index is 13.6. The highest BCUT2D eigenvalue weighted by Crippen LogP contribution is 2.17. The van der Waals surface area contributed by atoms with Crippen LogP contribution in [0.15, 0.2) is 42.5 Å². The molecule has 0 aromatic heterocycles. The minimum atomic E-state index is -1.23. The summed E-state index contributed by atoms with van der Waals surface area (Å²) in [5, 5.41) is 2.57. The second-order valence-corrected chi connectivity index (χ2v) is 5.57. The maximum absolute atomic E-state index is 13.6. The van der Waals surface area contributed by atoms with Gasteiger partial charge in [-0.05, 0) is 43.3 Å². The first kappa shape index (κ1) is 18.4. The predicted molar refractivity (Wildman–Crippen MR) is 90.6 cm³/mol. The Morgan fingerprint density at radius 1 is 1.04 bits per heavy atom. The molecular weight excluding hydrogens is 330 g/mol. The van der Waals surface area contributed by atoms with Crippen molar-refractivity contribution < 1.29 is 23.1 Å². The number of amides is 1. The lowest BCUT2D eigenvalue weighted by Crippen LogP contribution is -2.30. The van der Waals surface area contributed by atoms with Gasteiger partial charge >= 0.3 is 5.97 Å². The molecule has 132 valence electrons. The quantitative estimate of drug-likeness (QED) is 0.843. The Morgan fingerprint density at radius 2 is 1.60 bits per heavy atom. The van der Waals surface area contributed by atoms with Crippen molar-refractivity contribution in [2.75, 3.05) is 24.3 Å². The van der Waals surface area contributed by atoms with Gasteiger partial charge in [0.15, 0.2) is 6.10 Å². The van der Waals surface area contributed by atoms with Crippen LogP contribution in [-0.2, 0) is 9.53 Å². The molecule has 0 bridgehead atoms. The molecule has 5 nitrogen and oxygen atoms in total. The molecule has 0 aliphatic rings. The van der Waals surface area contributed by atoms with Crippen LogP contribution in [0.25, 0.3) is 0 Å². The van der Waals surface area contributed by atoms with Gasteiger partial charge in [0.1, 0.15) is 17.2 Å². The molecule has 2 aromatic carbocycles. The minimum Gasteiger partial charge on any atom is -0.449 e. The lowest BCUT2D eigenvalue weighted by molar-refractivity contribution is -0.123. The lowest BCUT2D eigenvalue weighted by Gasteiger charge is -2.15. The van der Waals surface area contributed by atoms with E-state index in [-0.39, 0.29) is 0 Å². The average Bonchev–Trinajstić information content (AvgIpc) is 2.55.